The Labute approximate surface area is 73.1 Å². The summed E-state index contributed by atoms with van der Waals surface area (Å²) in [4.78, 5) is 11.1. The molecule has 4 heteroatoms. The minimum atomic E-state index is -0.102. The van der Waals surface area contributed by atoms with Crippen LogP contribution in [0.25, 0.3) is 0 Å². The van der Waals surface area contributed by atoms with Crippen LogP contribution in [0.3, 0.4) is 0 Å². The number of hydrogen-bond acceptors (Lipinski definition) is 3. The summed E-state index contributed by atoms with van der Waals surface area (Å²) in [5.41, 5.74) is 5.24. The van der Waals surface area contributed by atoms with Gasteiger partial charge in [0.05, 0.1) is 12.6 Å². The molecule has 1 atom stereocenters. The van der Waals surface area contributed by atoms with Crippen LogP contribution < -0.4 is 11.1 Å². The smallest absolute Gasteiger partial charge is 0.220 e. The van der Waals surface area contributed by atoms with Crippen LogP contribution in [-0.4, -0.2) is 30.2 Å². The van der Waals surface area contributed by atoms with Crippen LogP contribution in [0, 0.1) is 0 Å². The molecule has 0 heterocycles. The van der Waals surface area contributed by atoms with Crippen molar-refractivity contribution < 1.29 is 9.90 Å². The van der Waals surface area contributed by atoms with Gasteiger partial charge < -0.3 is 16.2 Å². The van der Waals surface area contributed by atoms with E-state index in [2.05, 4.69) is 5.32 Å². The normalized spacial score (nSPS) is 12.6. The van der Waals surface area contributed by atoms with E-state index in [9.17, 15) is 4.79 Å². The fourth-order valence-corrected chi connectivity index (χ4v) is 0.839. The standard InChI is InChI=1S/C8H18N2O2/c1-2-7(6-11)10-8(12)4-3-5-9/h7,11H,2-6,9H2,1H3,(H,10,12)/t7-/m1/s1. The maximum absolute atomic E-state index is 11.1. The van der Waals surface area contributed by atoms with Crippen molar-refractivity contribution in [2.75, 3.05) is 13.2 Å². The molecule has 0 bridgehead atoms. The second-order valence-corrected chi connectivity index (χ2v) is 2.75. The minimum absolute atomic E-state index is 0.00483. The van der Waals surface area contributed by atoms with Crippen molar-refractivity contribution in [3.05, 3.63) is 0 Å². The highest BCUT2D eigenvalue weighted by atomic mass is 16.3. The zero-order valence-electron chi connectivity index (χ0n) is 7.55. The number of rotatable bonds is 6. The second kappa shape index (κ2) is 7.06. The van der Waals surface area contributed by atoms with Crippen molar-refractivity contribution in [3.8, 4) is 0 Å². The Bertz CT molecular complexity index is 124. The molecule has 12 heavy (non-hydrogen) atoms. The summed E-state index contributed by atoms with van der Waals surface area (Å²) in [7, 11) is 0. The van der Waals surface area contributed by atoms with E-state index in [-0.39, 0.29) is 18.6 Å². The molecule has 0 aliphatic rings. The summed E-state index contributed by atoms with van der Waals surface area (Å²) in [6, 6.07) is -0.102. The number of carbonyl (C=O) groups is 1. The van der Waals surface area contributed by atoms with E-state index in [0.717, 1.165) is 6.42 Å². The molecule has 0 aliphatic carbocycles. The molecular formula is C8H18N2O2. The molecule has 0 aromatic heterocycles. The number of nitrogens with one attached hydrogen (secondary N) is 1. The van der Waals surface area contributed by atoms with Crippen LogP contribution in [0.2, 0.25) is 0 Å². The quantitative estimate of drug-likeness (QED) is 0.513. The van der Waals surface area contributed by atoms with Crippen LogP contribution in [0.15, 0.2) is 0 Å². The van der Waals surface area contributed by atoms with E-state index in [1.807, 2.05) is 6.92 Å². The molecule has 1 amide bonds. The van der Waals surface area contributed by atoms with Gasteiger partial charge in [-0.15, -0.1) is 0 Å². The first-order valence-electron chi connectivity index (χ1n) is 4.34. The predicted molar refractivity (Wildman–Crippen MR) is 47.6 cm³/mol. The van der Waals surface area contributed by atoms with Crippen LogP contribution in [0.4, 0.5) is 0 Å². The Hall–Kier alpha value is -0.610. The highest BCUT2D eigenvalue weighted by Gasteiger charge is 2.07. The van der Waals surface area contributed by atoms with Crippen molar-refractivity contribution in [2.45, 2.75) is 32.2 Å². The monoisotopic (exact) mass is 174 g/mol. The van der Waals surface area contributed by atoms with Gasteiger partial charge in [0.1, 0.15) is 0 Å². The molecule has 0 unspecified atom stereocenters. The minimum Gasteiger partial charge on any atom is -0.394 e. The Morgan fingerprint density at radius 1 is 1.67 bits per heavy atom. The molecule has 4 nitrogen and oxygen atoms in total. The summed E-state index contributed by atoms with van der Waals surface area (Å²) in [5.74, 6) is -0.0265. The maximum Gasteiger partial charge on any atom is 0.220 e. The zero-order valence-corrected chi connectivity index (χ0v) is 7.55. The lowest BCUT2D eigenvalue weighted by molar-refractivity contribution is -0.122. The largest absolute Gasteiger partial charge is 0.394 e. The second-order valence-electron chi connectivity index (χ2n) is 2.75. The molecule has 0 aromatic rings. The number of amides is 1. The van der Waals surface area contributed by atoms with E-state index in [1.165, 1.54) is 0 Å². The molecule has 0 saturated heterocycles. The number of carbonyl (C=O) groups excluding carboxylic acids is 1. The van der Waals surface area contributed by atoms with Gasteiger partial charge in [0.15, 0.2) is 0 Å². The Kier molecular flexibility index (Phi) is 6.70. The first-order valence-corrected chi connectivity index (χ1v) is 4.34. The topological polar surface area (TPSA) is 75.3 Å². The number of aliphatic hydroxyl groups is 1. The summed E-state index contributed by atoms with van der Waals surface area (Å²) < 4.78 is 0. The molecule has 0 rings (SSSR count). The van der Waals surface area contributed by atoms with Crippen LogP contribution in [0.1, 0.15) is 26.2 Å². The Morgan fingerprint density at radius 3 is 2.75 bits per heavy atom. The molecule has 0 radical (unpaired) electrons. The van der Waals surface area contributed by atoms with Gasteiger partial charge in [-0.25, -0.2) is 0 Å². The third-order valence-electron chi connectivity index (χ3n) is 1.69. The third-order valence-corrected chi connectivity index (χ3v) is 1.69. The van der Waals surface area contributed by atoms with E-state index < -0.39 is 0 Å². The average Bonchev–Trinajstić information content (AvgIpc) is 2.10. The molecule has 0 spiro atoms. The first-order chi connectivity index (χ1) is 5.74. The number of aliphatic hydroxyl groups excluding tert-OH is 1. The highest BCUT2D eigenvalue weighted by molar-refractivity contribution is 5.76. The van der Waals surface area contributed by atoms with Gasteiger partial charge in [0, 0.05) is 6.42 Å². The number of hydrogen-bond donors (Lipinski definition) is 3. The van der Waals surface area contributed by atoms with Gasteiger partial charge in [-0.3, -0.25) is 4.79 Å². The fourth-order valence-electron chi connectivity index (χ4n) is 0.839. The van der Waals surface area contributed by atoms with E-state index in [1.54, 1.807) is 0 Å². The lowest BCUT2D eigenvalue weighted by Crippen LogP contribution is -2.36. The average molecular weight is 174 g/mol. The summed E-state index contributed by atoms with van der Waals surface area (Å²) in [6.45, 7) is 2.46. The number of nitrogens with two attached hydrogens (primary N) is 1. The lowest BCUT2D eigenvalue weighted by atomic mass is 10.2. The molecule has 0 aliphatic heterocycles. The Morgan fingerprint density at radius 2 is 2.33 bits per heavy atom. The molecular weight excluding hydrogens is 156 g/mol. The highest BCUT2D eigenvalue weighted by Crippen LogP contribution is 1.92. The van der Waals surface area contributed by atoms with Gasteiger partial charge >= 0.3 is 0 Å². The molecule has 4 N–H and O–H groups in total. The fraction of sp³-hybridized carbons (Fsp3) is 0.875. The van der Waals surface area contributed by atoms with Gasteiger partial charge in [0.2, 0.25) is 5.91 Å². The van der Waals surface area contributed by atoms with Crippen molar-refractivity contribution in [3.63, 3.8) is 0 Å². The van der Waals surface area contributed by atoms with E-state index in [4.69, 9.17) is 10.8 Å². The van der Waals surface area contributed by atoms with Crippen molar-refractivity contribution in [1.29, 1.82) is 0 Å². The van der Waals surface area contributed by atoms with Gasteiger partial charge in [-0.1, -0.05) is 6.92 Å². The summed E-state index contributed by atoms with van der Waals surface area (Å²) in [6.07, 6.45) is 1.91. The van der Waals surface area contributed by atoms with Crippen LogP contribution in [0.5, 0.6) is 0 Å². The molecule has 72 valence electrons. The van der Waals surface area contributed by atoms with Gasteiger partial charge in [-0.2, -0.15) is 0 Å². The molecule has 0 saturated carbocycles. The Balaban J connectivity index is 3.52. The van der Waals surface area contributed by atoms with Crippen molar-refractivity contribution in [2.24, 2.45) is 5.73 Å². The lowest BCUT2D eigenvalue weighted by Gasteiger charge is -2.13. The predicted octanol–water partition coefficient (Wildman–Crippen LogP) is -0.388. The zero-order chi connectivity index (χ0) is 9.40. The van der Waals surface area contributed by atoms with E-state index >= 15 is 0 Å². The maximum atomic E-state index is 11.1. The molecule has 0 aromatic carbocycles. The van der Waals surface area contributed by atoms with Crippen LogP contribution in [-0.2, 0) is 4.79 Å². The summed E-state index contributed by atoms with van der Waals surface area (Å²) in [5, 5.41) is 11.5. The SMILES string of the molecule is CC[C@H](CO)NC(=O)CCCN. The van der Waals surface area contributed by atoms with Gasteiger partial charge in [0.25, 0.3) is 0 Å². The summed E-state index contributed by atoms with van der Waals surface area (Å²) >= 11 is 0. The van der Waals surface area contributed by atoms with Crippen LogP contribution >= 0.6 is 0 Å². The third kappa shape index (κ3) is 5.09. The molecule has 0 fully saturated rings. The van der Waals surface area contributed by atoms with Crippen molar-refractivity contribution >= 4 is 5.91 Å². The first kappa shape index (κ1) is 11.4. The van der Waals surface area contributed by atoms with E-state index in [0.29, 0.717) is 19.4 Å². The van der Waals surface area contributed by atoms with Gasteiger partial charge in [-0.05, 0) is 19.4 Å². The van der Waals surface area contributed by atoms with Crippen molar-refractivity contribution in [1.82, 2.24) is 5.32 Å².